The van der Waals surface area contributed by atoms with Crippen molar-refractivity contribution in [3.63, 3.8) is 0 Å². The zero-order valence-corrected chi connectivity index (χ0v) is 19.9. The summed E-state index contributed by atoms with van der Waals surface area (Å²) in [5.74, 6) is 0.979. The summed E-state index contributed by atoms with van der Waals surface area (Å²) in [4.78, 5) is 24.4. The van der Waals surface area contributed by atoms with Crippen LogP contribution in [0, 0.1) is 23.7 Å². The Balaban J connectivity index is 2.02. The van der Waals surface area contributed by atoms with E-state index in [-0.39, 0.29) is 42.1 Å². The van der Waals surface area contributed by atoms with Gasteiger partial charge in [0.15, 0.2) is 0 Å². The van der Waals surface area contributed by atoms with Crippen molar-refractivity contribution in [2.24, 2.45) is 23.7 Å². The number of rotatable bonds is 5. The molecule has 0 N–H and O–H groups in total. The Kier molecular flexibility index (Phi) is 7.35. The fourth-order valence-corrected chi connectivity index (χ4v) is 6.16. The third-order valence-electron chi connectivity index (χ3n) is 7.64. The Hall–Kier alpha value is -1.62. The average Bonchev–Trinajstić information content (AvgIpc) is 3.06. The molecule has 3 aliphatic rings. The monoisotopic (exact) mass is 432 g/mol. The molecule has 31 heavy (non-hydrogen) atoms. The molecule has 2 heterocycles. The van der Waals surface area contributed by atoms with E-state index in [1.54, 1.807) is 0 Å². The van der Waals surface area contributed by atoms with E-state index in [0.717, 1.165) is 24.8 Å². The highest BCUT2D eigenvalue weighted by atomic mass is 16.6. The Morgan fingerprint density at radius 3 is 2.55 bits per heavy atom. The van der Waals surface area contributed by atoms with Crippen molar-refractivity contribution in [3.8, 4) is 0 Å². The molecule has 0 spiro atoms. The summed E-state index contributed by atoms with van der Waals surface area (Å²) in [6.07, 6.45) is 4.35. The number of hydrogen-bond acceptors (Lipinski definition) is 5. The van der Waals surface area contributed by atoms with Gasteiger partial charge in [-0.2, -0.15) is 0 Å². The molecular weight excluding hydrogens is 392 g/mol. The molecule has 5 nitrogen and oxygen atoms in total. The van der Waals surface area contributed by atoms with E-state index >= 15 is 0 Å². The van der Waals surface area contributed by atoms with Crippen molar-refractivity contribution in [2.45, 2.75) is 103 Å². The van der Waals surface area contributed by atoms with Crippen LogP contribution in [0.25, 0.3) is 0 Å². The lowest BCUT2D eigenvalue weighted by Gasteiger charge is -2.45. The van der Waals surface area contributed by atoms with Crippen molar-refractivity contribution >= 4 is 11.9 Å². The van der Waals surface area contributed by atoms with Gasteiger partial charge < -0.3 is 14.2 Å². The van der Waals surface area contributed by atoms with Gasteiger partial charge in [0, 0.05) is 25.2 Å². The Bertz CT molecular complexity index is 725. The van der Waals surface area contributed by atoms with E-state index in [2.05, 4.69) is 27.0 Å². The Morgan fingerprint density at radius 2 is 1.94 bits per heavy atom. The molecule has 2 saturated heterocycles. The summed E-state index contributed by atoms with van der Waals surface area (Å²) >= 11 is 0. The quantitative estimate of drug-likeness (QED) is 0.431. The highest BCUT2D eigenvalue weighted by Gasteiger charge is 2.58. The molecule has 174 valence electrons. The van der Waals surface area contributed by atoms with E-state index in [4.69, 9.17) is 14.2 Å². The van der Waals surface area contributed by atoms with Crippen LogP contribution in [-0.4, -0.2) is 35.9 Å². The van der Waals surface area contributed by atoms with E-state index in [1.807, 2.05) is 13.8 Å². The zero-order chi connectivity index (χ0) is 22.9. The summed E-state index contributed by atoms with van der Waals surface area (Å²) < 4.78 is 18.6. The van der Waals surface area contributed by atoms with Gasteiger partial charge >= 0.3 is 11.9 Å². The molecule has 5 heteroatoms. The smallest absolute Gasteiger partial charge is 0.306 e. The molecule has 0 amide bonds. The van der Waals surface area contributed by atoms with Crippen LogP contribution in [0.4, 0.5) is 0 Å². The van der Waals surface area contributed by atoms with Crippen LogP contribution >= 0.6 is 0 Å². The zero-order valence-electron chi connectivity index (χ0n) is 19.9. The van der Waals surface area contributed by atoms with Gasteiger partial charge in [0.2, 0.25) is 0 Å². The third kappa shape index (κ3) is 4.92. The second-order valence-corrected chi connectivity index (χ2v) is 10.3. The Morgan fingerprint density at radius 1 is 1.23 bits per heavy atom. The molecule has 0 aromatic rings. The Labute approximate surface area is 187 Å². The first-order valence-electron chi connectivity index (χ1n) is 12.0. The molecule has 0 aromatic heterocycles. The molecule has 0 aromatic carbocycles. The van der Waals surface area contributed by atoms with Crippen LogP contribution in [0.1, 0.15) is 79.6 Å². The molecule has 3 rings (SSSR count). The minimum absolute atomic E-state index is 0.0723. The van der Waals surface area contributed by atoms with Crippen molar-refractivity contribution in [1.82, 2.24) is 0 Å². The average molecular weight is 433 g/mol. The van der Waals surface area contributed by atoms with Gasteiger partial charge in [0.1, 0.15) is 17.8 Å². The number of hydrogen-bond donors (Lipinski definition) is 0. The highest BCUT2D eigenvalue weighted by molar-refractivity contribution is 5.70. The van der Waals surface area contributed by atoms with Crippen molar-refractivity contribution in [1.29, 1.82) is 0 Å². The lowest BCUT2D eigenvalue weighted by atomic mass is 9.61. The predicted octanol–water partition coefficient (Wildman–Crippen LogP) is 5.38. The second-order valence-electron chi connectivity index (χ2n) is 10.3. The van der Waals surface area contributed by atoms with Crippen LogP contribution < -0.4 is 0 Å². The van der Waals surface area contributed by atoms with Crippen LogP contribution in [0.3, 0.4) is 0 Å². The molecule has 7 atom stereocenters. The second kappa shape index (κ2) is 9.48. The fraction of sp³-hybridized carbons (Fsp3) is 0.769. The van der Waals surface area contributed by atoms with Gasteiger partial charge in [-0.25, -0.2) is 0 Å². The van der Waals surface area contributed by atoms with Crippen molar-refractivity contribution in [2.75, 3.05) is 0 Å². The minimum Gasteiger partial charge on any atom is -0.458 e. The number of carbonyl (C=O) groups excluding carboxylic acids is 2. The molecule has 0 radical (unpaired) electrons. The third-order valence-corrected chi connectivity index (χ3v) is 7.64. The summed E-state index contributed by atoms with van der Waals surface area (Å²) in [5.41, 5.74) is 1.33. The maximum atomic E-state index is 12.6. The predicted molar refractivity (Wildman–Crippen MR) is 120 cm³/mol. The van der Waals surface area contributed by atoms with Crippen LogP contribution in [0.15, 0.2) is 24.3 Å². The molecule has 2 aliphatic heterocycles. The van der Waals surface area contributed by atoms with E-state index in [1.165, 1.54) is 12.5 Å². The summed E-state index contributed by atoms with van der Waals surface area (Å²) in [7, 11) is 0. The largest absolute Gasteiger partial charge is 0.458 e. The fourth-order valence-electron chi connectivity index (χ4n) is 6.16. The number of esters is 2. The molecule has 7 unspecified atom stereocenters. The van der Waals surface area contributed by atoms with Gasteiger partial charge in [0.25, 0.3) is 0 Å². The van der Waals surface area contributed by atoms with E-state index < -0.39 is 5.60 Å². The highest BCUT2D eigenvalue weighted by Crippen LogP contribution is 2.55. The maximum absolute atomic E-state index is 12.6. The normalized spacial score (nSPS) is 38.1. The SMILES string of the molecule is C=C1CC2OC(C3C(C(C)C)CCC(=C)C23)C(C)(OC(=O)CCC)CCC1OC(C)=O. The first kappa shape index (κ1) is 24.0. The lowest BCUT2D eigenvalue weighted by molar-refractivity contribution is -0.182. The van der Waals surface area contributed by atoms with Gasteiger partial charge in [-0.1, -0.05) is 39.5 Å². The summed E-state index contributed by atoms with van der Waals surface area (Å²) in [6, 6.07) is 0. The molecule has 2 bridgehead atoms. The summed E-state index contributed by atoms with van der Waals surface area (Å²) in [6.45, 7) is 18.7. The molecule has 3 fully saturated rings. The van der Waals surface area contributed by atoms with Gasteiger partial charge in [-0.15, -0.1) is 0 Å². The van der Waals surface area contributed by atoms with Crippen molar-refractivity contribution in [3.05, 3.63) is 24.3 Å². The van der Waals surface area contributed by atoms with E-state index in [0.29, 0.717) is 37.5 Å². The molecular formula is C26H40O5. The van der Waals surface area contributed by atoms with Crippen LogP contribution in [0.2, 0.25) is 0 Å². The number of fused-ring (bicyclic) bond motifs is 5. The minimum atomic E-state index is -0.780. The molecule has 1 aliphatic carbocycles. The topological polar surface area (TPSA) is 61.8 Å². The maximum Gasteiger partial charge on any atom is 0.306 e. The lowest BCUT2D eigenvalue weighted by Crippen LogP contribution is -2.51. The van der Waals surface area contributed by atoms with E-state index in [9.17, 15) is 9.59 Å². The van der Waals surface area contributed by atoms with Crippen molar-refractivity contribution < 1.29 is 23.8 Å². The van der Waals surface area contributed by atoms with Gasteiger partial charge in [0.05, 0.1) is 6.10 Å². The first-order valence-corrected chi connectivity index (χ1v) is 12.0. The molecule has 1 saturated carbocycles. The summed E-state index contributed by atoms with van der Waals surface area (Å²) in [5, 5.41) is 0. The van der Waals surface area contributed by atoms with Crippen LogP contribution in [0.5, 0.6) is 0 Å². The standard InChI is InChI=1S/C26H40O5/c1-8-9-22(28)31-26(7)13-12-20(29-18(6)27)17(5)14-21-23-16(4)10-11-19(15(2)3)24(23)25(26)30-21/h15,19-21,23-25H,4-5,8-14H2,1-3,6-7H3. The number of carbonyl (C=O) groups is 2. The van der Waals surface area contributed by atoms with Gasteiger partial charge in [-0.3, -0.25) is 9.59 Å². The van der Waals surface area contributed by atoms with Gasteiger partial charge in [-0.05, 0) is 62.9 Å². The van der Waals surface area contributed by atoms with Crippen LogP contribution in [-0.2, 0) is 23.8 Å². The number of ether oxygens (including phenoxy) is 3. The first-order chi connectivity index (χ1) is 14.6.